The highest BCUT2D eigenvalue weighted by Crippen LogP contribution is 2.25. The summed E-state index contributed by atoms with van der Waals surface area (Å²) in [5.41, 5.74) is 2.74. The van der Waals surface area contributed by atoms with Crippen LogP contribution in [0.2, 0.25) is 0 Å². The first-order chi connectivity index (χ1) is 15.2. The predicted octanol–water partition coefficient (Wildman–Crippen LogP) is 5.23. The van der Waals surface area contributed by atoms with E-state index >= 15 is 0 Å². The maximum atomic E-state index is 12.7. The first-order valence-corrected chi connectivity index (χ1v) is 11.2. The number of benzene rings is 2. The van der Waals surface area contributed by atoms with E-state index in [9.17, 15) is 9.59 Å². The number of hydrogen-bond acceptors (Lipinski definition) is 6. The van der Waals surface area contributed by atoms with Gasteiger partial charge in [0.05, 0.1) is 5.69 Å². The molecule has 0 radical (unpaired) electrons. The van der Waals surface area contributed by atoms with Crippen LogP contribution in [-0.2, 0) is 16.1 Å². The van der Waals surface area contributed by atoms with E-state index in [2.05, 4.69) is 15.6 Å². The molecule has 0 aliphatic heterocycles. The number of carbonyl (C=O) groups is 2. The number of thiazole rings is 1. The zero-order chi connectivity index (χ0) is 23.1. The van der Waals surface area contributed by atoms with E-state index in [0.717, 1.165) is 22.0 Å². The number of ether oxygens (including phenoxy) is 1. The third kappa shape index (κ3) is 6.81. The topological polar surface area (TPSA) is 83.6 Å². The average Bonchev–Trinajstić information content (AvgIpc) is 3.23. The molecule has 168 valence electrons. The Kier molecular flexibility index (Phi) is 7.48. The number of anilines is 2. The summed E-state index contributed by atoms with van der Waals surface area (Å²) in [4.78, 5) is 31.3. The van der Waals surface area contributed by atoms with Gasteiger partial charge in [0, 0.05) is 30.2 Å². The van der Waals surface area contributed by atoms with E-state index in [1.54, 1.807) is 20.8 Å². The second-order valence-corrected chi connectivity index (χ2v) is 9.09. The van der Waals surface area contributed by atoms with Crippen molar-refractivity contribution in [3.8, 4) is 11.3 Å². The van der Waals surface area contributed by atoms with Gasteiger partial charge >= 0.3 is 6.09 Å². The maximum Gasteiger partial charge on any atom is 0.411 e. The predicted molar refractivity (Wildman–Crippen MR) is 129 cm³/mol. The second kappa shape index (κ2) is 10.3. The van der Waals surface area contributed by atoms with Crippen molar-refractivity contribution in [1.82, 2.24) is 9.88 Å². The zero-order valence-corrected chi connectivity index (χ0v) is 19.5. The van der Waals surface area contributed by atoms with E-state index in [4.69, 9.17) is 4.74 Å². The minimum atomic E-state index is -0.652. The number of nitrogens with zero attached hydrogens (tertiary/aromatic N) is 2. The summed E-state index contributed by atoms with van der Waals surface area (Å²) in [5.74, 6) is -0.300. The van der Waals surface area contributed by atoms with Gasteiger partial charge in [-0.1, -0.05) is 42.5 Å². The Morgan fingerprint density at radius 2 is 1.75 bits per heavy atom. The molecular formula is C24H28N4O3S. The SMILES string of the molecule is CNc1nc(-c2ccc(NC(=O)CN(Cc3ccccc3)C(=O)OC(C)(C)C)cc2)cs1. The molecule has 3 rings (SSSR count). The summed E-state index contributed by atoms with van der Waals surface area (Å²) in [6.45, 7) is 5.56. The van der Waals surface area contributed by atoms with Crippen molar-refractivity contribution >= 4 is 34.2 Å². The standard InChI is InChI=1S/C24H28N4O3S/c1-24(2,3)31-23(30)28(14-17-8-6-5-7-9-17)15-21(29)26-19-12-10-18(11-13-19)20-16-32-22(25-4)27-20/h5-13,16H,14-15H2,1-4H3,(H,25,27)(H,26,29). The molecule has 32 heavy (non-hydrogen) atoms. The molecule has 0 fully saturated rings. The minimum Gasteiger partial charge on any atom is -0.444 e. The number of rotatable bonds is 7. The number of nitrogens with one attached hydrogen (secondary N) is 2. The van der Waals surface area contributed by atoms with E-state index < -0.39 is 11.7 Å². The number of aromatic nitrogens is 1. The molecule has 2 amide bonds. The van der Waals surface area contributed by atoms with Crippen LogP contribution in [0.1, 0.15) is 26.3 Å². The molecule has 0 aliphatic rings. The van der Waals surface area contributed by atoms with Crippen LogP contribution >= 0.6 is 11.3 Å². The van der Waals surface area contributed by atoms with Gasteiger partial charge in [-0.3, -0.25) is 9.69 Å². The van der Waals surface area contributed by atoms with Gasteiger partial charge in [0.25, 0.3) is 0 Å². The average molecular weight is 453 g/mol. The first-order valence-electron chi connectivity index (χ1n) is 10.3. The fourth-order valence-electron chi connectivity index (χ4n) is 2.93. The highest BCUT2D eigenvalue weighted by molar-refractivity contribution is 7.14. The van der Waals surface area contributed by atoms with Crippen molar-refractivity contribution in [3.63, 3.8) is 0 Å². The molecule has 1 heterocycles. The van der Waals surface area contributed by atoms with Gasteiger partial charge in [-0.05, 0) is 38.5 Å². The molecule has 8 heteroatoms. The quantitative estimate of drug-likeness (QED) is 0.513. The molecule has 2 aromatic carbocycles. The normalized spacial score (nSPS) is 11.0. The van der Waals surface area contributed by atoms with E-state index in [1.165, 1.54) is 16.2 Å². The lowest BCUT2D eigenvalue weighted by Crippen LogP contribution is -2.40. The molecule has 0 spiro atoms. The van der Waals surface area contributed by atoms with Crippen LogP contribution in [0.3, 0.4) is 0 Å². The van der Waals surface area contributed by atoms with Crippen LogP contribution in [0.25, 0.3) is 11.3 Å². The van der Waals surface area contributed by atoms with Crippen LogP contribution in [-0.4, -0.2) is 41.1 Å². The van der Waals surface area contributed by atoms with Gasteiger partial charge in [-0.15, -0.1) is 11.3 Å². The smallest absolute Gasteiger partial charge is 0.411 e. The molecule has 0 bridgehead atoms. The van der Waals surface area contributed by atoms with Crippen molar-refractivity contribution in [2.24, 2.45) is 0 Å². The Balaban J connectivity index is 1.66. The fourth-order valence-corrected chi connectivity index (χ4v) is 3.62. The molecule has 2 N–H and O–H groups in total. The van der Waals surface area contributed by atoms with Crippen molar-refractivity contribution in [2.45, 2.75) is 32.9 Å². The third-order valence-corrected chi connectivity index (χ3v) is 5.24. The van der Waals surface area contributed by atoms with Crippen LogP contribution in [0.15, 0.2) is 60.0 Å². The Morgan fingerprint density at radius 3 is 2.34 bits per heavy atom. The number of hydrogen-bond donors (Lipinski definition) is 2. The summed E-state index contributed by atoms with van der Waals surface area (Å²) in [6, 6.07) is 17.0. The minimum absolute atomic E-state index is 0.122. The van der Waals surface area contributed by atoms with Crippen molar-refractivity contribution < 1.29 is 14.3 Å². The number of amides is 2. The third-order valence-electron chi connectivity index (χ3n) is 4.38. The molecule has 7 nitrogen and oxygen atoms in total. The van der Waals surface area contributed by atoms with Crippen LogP contribution in [0.4, 0.5) is 15.6 Å². The van der Waals surface area contributed by atoms with Crippen molar-refractivity contribution in [3.05, 3.63) is 65.5 Å². The Labute approximate surface area is 192 Å². The summed E-state index contributed by atoms with van der Waals surface area (Å²) in [5, 5.41) is 8.69. The van der Waals surface area contributed by atoms with Crippen LogP contribution in [0, 0.1) is 0 Å². The lowest BCUT2D eigenvalue weighted by atomic mass is 10.1. The lowest BCUT2D eigenvalue weighted by molar-refractivity contribution is -0.117. The Bertz CT molecular complexity index is 1040. The van der Waals surface area contributed by atoms with Crippen LogP contribution < -0.4 is 10.6 Å². The highest BCUT2D eigenvalue weighted by Gasteiger charge is 2.24. The van der Waals surface area contributed by atoms with Gasteiger partial charge in [-0.2, -0.15) is 0 Å². The molecule has 0 saturated carbocycles. The van der Waals surface area contributed by atoms with Gasteiger partial charge in [0.1, 0.15) is 12.1 Å². The number of carbonyl (C=O) groups excluding carboxylic acids is 2. The van der Waals surface area contributed by atoms with E-state index in [0.29, 0.717) is 5.69 Å². The summed E-state index contributed by atoms with van der Waals surface area (Å²) >= 11 is 1.53. The molecule has 0 unspecified atom stereocenters. The Morgan fingerprint density at radius 1 is 1.06 bits per heavy atom. The summed E-state index contributed by atoms with van der Waals surface area (Å²) < 4.78 is 5.50. The molecule has 0 saturated heterocycles. The van der Waals surface area contributed by atoms with Gasteiger partial charge in [0.2, 0.25) is 5.91 Å². The lowest BCUT2D eigenvalue weighted by Gasteiger charge is -2.27. The molecular weight excluding hydrogens is 424 g/mol. The molecule has 0 aliphatic carbocycles. The Hall–Kier alpha value is -3.39. The first kappa shape index (κ1) is 23.3. The van der Waals surface area contributed by atoms with E-state index in [-0.39, 0.29) is 19.0 Å². The van der Waals surface area contributed by atoms with E-state index in [1.807, 2.05) is 67.0 Å². The van der Waals surface area contributed by atoms with Gasteiger partial charge in [0.15, 0.2) is 5.13 Å². The fraction of sp³-hybridized carbons (Fsp3) is 0.292. The second-order valence-electron chi connectivity index (χ2n) is 8.24. The van der Waals surface area contributed by atoms with Crippen molar-refractivity contribution in [2.75, 3.05) is 24.2 Å². The van der Waals surface area contributed by atoms with Gasteiger partial charge < -0.3 is 15.4 Å². The van der Waals surface area contributed by atoms with Crippen molar-refractivity contribution in [1.29, 1.82) is 0 Å². The van der Waals surface area contributed by atoms with Gasteiger partial charge in [-0.25, -0.2) is 9.78 Å². The maximum absolute atomic E-state index is 12.7. The molecule has 0 atom stereocenters. The molecule has 3 aromatic rings. The monoisotopic (exact) mass is 452 g/mol. The largest absolute Gasteiger partial charge is 0.444 e. The molecule has 1 aromatic heterocycles. The summed E-state index contributed by atoms with van der Waals surface area (Å²) in [6.07, 6.45) is -0.532. The van der Waals surface area contributed by atoms with Crippen LogP contribution in [0.5, 0.6) is 0 Å². The zero-order valence-electron chi connectivity index (χ0n) is 18.7. The summed E-state index contributed by atoms with van der Waals surface area (Å²) in [7, 11) is 1.83. The highest BCUT2D eigenvalue weighted by atomic mass is 32.1.